The first-order valence-corrected chi connectivity index (χ1v) is 14.4. The van der Waals surface area contributed by atoms with Crippen LogP contribution in [0.25, 0.3) is 0 Å². The monoisotopic (exact) mass is 405 g/mol. The van der Waals surface area contributed by atoms with Gasteiger partial charge in [0.1, 0.15) is 0 Å². The lowest BCUT2D eigenvalue weighted by Crippen LogP contribution is -2.46. The molecule has 0 heterocycles. The van der Waals surface area contributed by atoms with E-state index in [1.54, 1.807) is 0 Å². The molecule has 0 bridgehead atoms. The standard InChI is InChI=1S/C7H15Cl3INSSi/c1-13(8,11)12(14(2,9)10)7-5-3-4-6-7/h7H,3-6H2,1-2H3. The molecule has 1 aliphatic rings. The molecule has 0 saturated heterocycles. The van der Waals surface area contributed by atoms with Crippen molar-refractivity contribution in [2.45, 2.75) is 38.3 Å². The zero-order valence-corrected chi connectivity index (χ0v) is 14.5. The molecule has 86 valence electrons. The Bertz CT molecular complexity index is 186. The topological polar surface area (TPSA) is 3.24 Å². The van der Waals surface area contributed by atoms with E-state index in [9.17, 15) is 0 Å². The van der Waals surface area contributed by atoms with Gasteiger partial charge < -0.3 is 0 Å². The summed E-state index contributed by atoms with van der Waals surface area (Å²) in [6.45, 7) is -1.70. The second-order valence-electron chi connectivity index (χ2n) is 3.79. The van der Waals surface area contributed by atoms with Gasteiger partial charge in [0.15, 0.2) is 0 Å². The molecule has 1 rings (SSSR count). The zero-order chi connectivity index (χ0) is 11.0. The molecule has 0 amide bonds. The van der Waals surface area contributed by atoms with Gasteiger partial charge in [-0.1, -0.05) is 19.4 Å². The summed E-state index contributed by atoms with van der Waals surface area (Å²) in [7, 11) is 6.43. The average Bonchev–Trinajstić information content (AvgIpc) is 2.31. The van der Waals surface area contributed by atoms with Crippen LogP contribution in [0.5, 0.6) is 0 Å². The molecule has 0 aliphatic heterocycles. The van der Waals surface area contributed by atoms with Crippen LogP contribution in [0.3, 0.4) is 0 Å². The first-order valence-electron chi connectivity index (χ1n) is 4.58. The van der Waals surface area contributed by atoms with Gasteiger partial charge in [0, 0.05) is 27.2 Å². The average molecular weight is 407 g/mol. The van der Waals surface area contributed by atoms with Gasteiger partial charge in [-0.25, -0.2) is 3.97 Å². The molecule has 0 spiro atoms. The maximum Gasteiger partial charge on any atom is 0.331 e. The van der Waals surface area contributed by atoms with Crippen LogP contribution in [0.15, 0.2) is 0 Å². The molecule has 7 heteroatoms. The summed E-state index contributed by atoms with van der Waals surface area (Å²) in [6.07, 6.45) is 7.00. The summed E-state index contributed by atoms with van der Waals surface area (Å²) in [5.41, 5.74) is 0. The molecule has 0 aromatic rings. The quantitative estimate of drug-likeness (QED) is 0.357. The molecule has 0 aromatic heterocycles. The van der Waals surface area contributed by atoms with E-state index in [1.165, 1.54) is 25.7 Å². The van der Waals surface area contributed by atoms with Crippen molar-refractivity contribution in [2.24, 2.45) is 0 Å². The maximum atomic E-state index is 6.43. The van der Waals surface area contributed by atoms with Gasteiger partial charge in [0.25, 0.3) is 0 Å². The zero-order valence-electron chi connectivity index (χ0n) is 8.27. The molecule has 1 unspecified atom stereocenters. The minimum atomic E-state index is -2.31. The van der Waals surface area contributed by atoms with E-state index in [-0.39, 0.29) is 0 Å². The summed E-state index contributed by atoms with van der Waals surface area (Å²) >= 11 is 14.9. The number of rotatable bonds is 3. The van der Waals surface area contributed by atoms with Crippen LogP contribution in [0, 0.1) is 0 Å². The molecule has 0 aromatic carbocycles. The maximum absolute atomic E-state index is 6.43. The van der Waals surface area contributed by atoms with Crippen molar-refractivity contribution in [1.82, 2.24) is 3.97 Å². The van der Waals surface area contributed by atoms with E-state index in [4.69, 9.17) is 32.8 Å². The molecular formula is C7H15Cl3INSSi. The molecular weight excluding hydrogens is 392 g/mol. The lowest BCUT2D eigenvalue weighted by molar-refractivity contribution is 0.497. The minimum absolute atomic E-state index is 0.510. The summed E-state index contributed by atoms with van der Waals surface area (Å²) < 4.78 is 2.22. The van der Waals surface area contributed by atoms with E-state index in [0.717, 1.165) is 0 Å². The van der Waals surface area contributed by atoms with E-state index in [1.807, 2.05) is 12.8 Å². The van der Waals surface area contributed by atoms with Gasteiger partial charge in [0.05, 0.1) is 0 Å². The van der Waals surface area contributed by atoms with Gasteiger partial charge in [-0.2, -0.15) is 0 Å². The molecule has 1 nitrogen and oxygen atoms in total. The van der Waals surface area contributed by atoms with Crippen LogP contribution in [0.4, 0.5) is 0 Å². The SMILES string of the molecule is C[Si](Cl)(Cl)N(C1CCCC1)S(C)(Cl)I. The highest BCUT2D eigenvalue weighted by molar-refractivity contribution is 14.2. The molecule has 1 aliphatic carbocycles. The van der Waals surface area contributed by atoms with Crippen molar-refractivity contribution < 1.29 is 0 Å². The highest BCUT2D eigenvalue weighted by Crippen LogP contribution is 2.65. The van der Waals surface area contributed by atoms with Crippen LogP contribution in [-0.2, 0) is 0 Å². The molecule has 0 radical (unpaired) electrons. The van der Waals surface area contributed by atoms with Gasteiger partial charge in [-0.15, -0.1) is 22.2 Å². The number of hydrogen-bond acceptors (Lipinski definition) is 1. The number of hydrogen-bond donors (Lipinski definition) is 0. The third-order valence-electron chi connectivity index (χ3n) is 2.39. The molecule has 0 N–H and O–H groups in total. The number of nitrogens with zero attached hydrogens (tertiary/aromatic N) is 1. The van der Waals surface area contributed by atoms with Crippen molar-refractivity contribution >= 4 is 67.5 Å². The van der Waals surface area contributed by atoms with Gasteiger partial charge in [0.2, 0.25) is 0 Å². The summed E-state index contributed by atoms with van der Waals surface area (Å²) in [4.78, 5) is 0. The fraction of sp³-hybridized carbons (Fsp3) is 1.00. The summed E-state index contributed by atoms with van der Waals surface area (Å²) in [6, 6.07) is 0.510. The summed E-state index contributed by atoms with van der Waals surface area (Å²) in [5, 5.41) is 0. The Balaban J connectivity index is 2.82. The molecule has 1 fully saturated rings. The Morgan fingerprint density at radius 1 is 1.36 bits per heavy atom. The predicted octanol–water partition coefficient (Wildman–Crippen LogP) is 5.13. The Kier molecular flexibility index (Phi) is 5.26. The minimum Gasteiger partial charge on any atom is -0.239 e. The van der Waals surface area contributed by atoms with Crippen molar-refractivity contribution in [2.75, 3.05) is 6.26 Å². The van der Waals surface area contributed by atoms with Crippen LogP contribution in [0.2, 0.25) is 6.55 Å². The number of halogens is 4. The normalized spacial score (nSPS) is 26.5. The lowest BCUT2D eigenvalue weighted by Gasteiger charge is -2.44. The van der Waals surface area contributed by atoms with Gasteiger partial charge in [-0.05, 0) is 36.3 Å². The highest BCUT2D eigenvalue weighted by Gasteiger charge is 2.44. The second kappa shape index (κ2) is 5.19. The first-order chi connectivity index (χ1) is 6.23. The lowest BCUT2D eigenvalue weighted by atomic mass is 10.3. The van der Waals surface area contributed by atoms with Crippen LogP contribution >= 0.6 is 60.6 Å². The highest BCUT2D eigenvalue weighted by atomic mass is 127. The fourth-order valence-corrected chi connectivity index (χ4v) is 18.0. The van der Waals surface area contributed by atoms with Gasteiger partial charge in [-0.3, -0.25) is 0 Å². The van der Waals surface area contributed by atoms with E-state index >= 15 is 0 Å². The molecule has 1 atom stereocenters. The van der Waals surface area contributed by atoms with E-state index in [2.05, 4.69) is 25.2 Å². The van der Waals surface area contributed by atoms with E-state index < -0.39 is 13.5 Å². The smallest absolute Gasteiger partial charge is 0.239 e. The Hall–Kier alpha value is 2.13. The Labute approximate surface area is 115 Å². The van der Waals surface area contributed by atoms with Crippen LogP contribution in [0.1, 0.15) is 25.7 Å². The Morgan fingerprint density at radius 2 is 1.79 bits per heavy atom. The largest absolute Gasteiger partial charge is 0.331 e. The summed E-state index contributed by atoms with van der Waals surface area (Å²) in [5.74, 6) is 0. The molecule has 1 saturated carbocycles. The second-order valence-corrected chi connectivity index (χ2v) is 21.6. The predicted molar refractivity (Wildman–Crippen MR) is 80.8 cm³/mol. The Morgan fingerprint density at radius 3 is 2.07 bits per heavy atom. The van der Waals surface area contributed by atoms with Crippen molar-refractivity contribution in [1.29, 1.82) is 0 Å². The van der Waals surface area contributed by atoms with E-state index in [0.29, 0.717) is 6.04 Å². The van der Waals surface area contributed by atoms with Crippen molar-refractivity contribution in [3.05, 3.63) is 0 Å². The van der Waals surface area contributed by atoms with Crippen molar-refractivity contribution in [3.8, 4) is 0 Å². The van der Waals surface area contributed by atoms with Crippen LogP contribution < -0.4 is 0 Å². The first kappa shape index (κ1) is 14.2. The third kappa shape index (κ3) is 3.86. The fourth-order valence-electron chi connectivity index (χ4n) is 2.00. The van der Waals surface area contributed by atoms with Crippen LogP contribution in [-0.4, -0.2) is 23.1 Å². The van der Waals surface area contributed by atoms with Gasteiger partial charge >= 0.3 is 6.86 Å². The molecule has 14 heavy (non-hydrogen) atoms. The van der Waals surface area contributed by atoms with Crippen molar-refractivity contribution in [3.63, 3.8) is 0 Å². The third-order valence-corrected chi connectivity index (χ3v) is 11.6.